The van der Waals surface area contributed by atoms with Gasteiger partial charge in [-0.25, -0.2) is 13.8 Å². The predicted molar refractivity (Wildman–Crippen MR) is 123 cm³/mol. The van der Waals surface area contributed by atoms with E-state index in [9.17, 15) is 18.3 Å². The Morgan fingerprint density at radius 2 is 1.66 bits per heavy atom. The zero-order valence-corrected chi connectivity index (χ0v) is 18.4. The van der Waals surface area contributed by atoms with E-state index in [1.165, 1.54) is 42.5 Å². The van der Waals surface area contributed by atoms with Crippen LogP contribution in [0.25, 0.3) is 0 Å². The molecule has 0 saturated carbocycles. The fourth-order valence-corrected chi connectivity index (χ4v) is 3.88. The number of aromatic hydroxyl groups is 1. The average molecular weight is 454 g/mol. The third-order valence-corrected chi connectivity index (χ3v) is 5.86. The van der Waals surface area contributed by atoms with E-state index in [2.05, 4.69) is 15.2 Å². The van der Waals surface area contributed by atoms with Crippen LogP contribution in [0.3, 0.4) is 0 Å². The Balaban J connectivity index is 1.66. The van der Waals surface area contributed by atoms with Gasteiger partial charge in [0.15, 0.2) is 0 Å². The van der Waals surface area contributed by atoms with Crippen molar-refractivity contribution in [1.82, 2.24) is 5.43 Å². The summed E-state index contributed by atoms with van der Waals surface area (Å²) in [5, 5.41) is 13.9. The number of phenolic OH excluding ortho intramolecular Hbond substituents is 1. The van der Waals surface area contributed by atoms with Crippen molar-refractivity contribution in [2.45, 2.75) is 18.7 Å². The van der Waals surface area contributed by atoms with Gasteiger partial charge in [-0.3, -0.25) is 9.52 Å². The Labute approximate surface area is 186 Å². The van der Waals surface area contributed by atoms with Crippen LogP contribution in [-0.4, -0.2) is 31.8 Å². The van der Waals surface area contributed by atoms with Crippen LogP contribution in [0.5, 0.6) is 11.5 Å². The molecular formula is C23H23N3O5S. The van der Waals surface area contributed by atoms with Crippen LogP contribution in [-0.2, 0) is 10.0 Å². The second-order valence-electron chi connectivity index (χ2n) is 6.74. The first-order chi connectivity index (χ1) is 15.3. The van der Waals surface area contributed by atoms with Gasteiger partial charge < -0.3 is 9.84 Å². The van der Waals surface area contributed by atoms with Crippen molar-refractivity contribution < 1.29 is 23.1 Å². The van der Waals surface area contributed by atoms with Crippen molar-refractivity contribution in [1.29, 1.82) is 0 Å². The number of phenols is 1. The van der Waals surface area contributed by atoms with Gasteiger partial charge in [0.2, 0.25) is 0 Å². The summed E-state index contributed by atoms with van der Waals surface area (Å²) in [4.78, 5) is 12.4. The van der Waals surface area contributed by atoms with Gasteiger partial charge in [-0.15, -0.1) is 0 Å². The maximum absolute atomic E-state index is 12.6. The molecule has 0 aromatic heterocycles. The largest absolute Gasteiger partial charge is 0.507 e. The molecule has 0 aliphatic rings. The summed E-state index contributed by atoms with van der Waals surface area (Å²) in [6, 6.07) is 18.7. The summed E-state index contributed by atoms with van der Waals surface area (Å²) >= 11 is 0. The number of rotatable bonds is 8. The van der Waals surface area contributed by atoms with Gasteiger partial charge in [0.1, 0.15) is 11.5 Å². The van der Waals surface area contributed by atoms with E-state index in [4.69, 9.17) is 4.74 Å². The Kier molecular flexibility index (Phi) is 7.11. The molecule has 0 radical (unpaired) electrons. The quantitative estimate of drug-likeness (QED) is 0.355. The molecule has 0 unspecified atom stereocenters. The van der Waals surface area contributed by atoms with E-state index < -0.39 is 15.9 Å². The lowest BCUT2D eigenvalue weighted by Gasteiger charge is -2.10. The number of hydrogen-bond donors (Lipinski definition) is 3. The lowest BCUT2D eigenvalue weighted by Crippen LogP contribution is -2.19. The van der Waals surface area contributed by atoms with Crippen LogP contribution < -0.4 is 14.9 Å². The standard InChI is InChI=1S/C23H23N3O5S/c1-3-31-19-12-14-20(15-13-19)32(29,30)26-18-10-8-17(9-11-18)23(28)25-24-16(2)21-6-4-5-7-22(21)27/h4-15,26-27H,3H2,1-2H3,(H,25,28)/b24-16+. The minimum absolute atomic E-state index is 0.0622. The SMILES string of the molecule is CCOc1ccc(S(=O)(=O)Nc2ccc(C(=O)N/N=C(\C)c3ccccc3O)cc2)cc1. The molecule has 1 amide bonds. The molecule has 3 aromatic rings. The molecule has 0 aliphatic heterocycles. The molecule has 9 heteroatoms. The molecule has 0 saturated heterocycles. The van der Waals surface area contributed by atoms with Crippen molar-refractivity contribution in [3.05, 3.63) is 83.9 Å². The molecule has 0 bridgehead atoms. The number of sulfonamides is 1. The molecule has 166 valence electrons. The first kappa shape index (κ1) is 22.8. The minimum Gasteiger partial charge on any atom is -0.507 e. The molecule has 3 rings (SSSR count). The Morgan fingerprint density at radius 3 is 2.28 bits per heavy atom. The highest BCUT2D eigenvalue weighted by Crippen LogP contribution is 2.20. The molecule has 0 spiro atoms. The summed E-state index contributed by atoms with van der Waals surface area (Å²) < 4.78 is 32.9. The highest BCUT2D eigenvalue weighted by atomic mass is 32.2. The zero-order chi connectivity index (χ0) is 23.1. The summed E-state index contributed by atoms with van der Waals surface area (Å²) in [6.07, 6.45) is 0. The summed E-state index contributed by atoms with van der Waals surface area (Å²) in [7, 11) is -3.79. The fraction of sp³-hybridized carbons (Fsp3) is 0.130. The number of benzene rings is 3. The number of hydrazone groups is 1. The Morgan fingerprint density at radius 1 is 1.00 bits per heavy atom. The topological polar surface area (TPSA) is 117 Å². The number of ether oxygens (including phenoxy) is 1. The number of nitrogens with zero attached hydrogens (tertiary/aromatic N) is 1. The minimum atomic E-state index is -3.79. The third kappa shape index (κ3) is 5.64. The van der Waals surface area contributed by atoms with Crippen molar-refractivity contribution >= 4 is 27.3 Å². The van der Waals surface area contributed by atoms with E-state index in [-0.39, 0.29) is 10.6 Å². The summed E-state index contributed by atoms with van der Waals surface area (Å²) in [5.74, 6) is 0.176. The molecule has 3 aromatic carbocycles. The number of amides is 1. The van der Waals surface area contributed by atoms with Gasteiger partial charge in [-0.2, -0.15) is 5.10 Å². The van der Waals surface area contributed by atoms with Crippen LogP contribution in [0, 0.1) is 0 Å². The van der Waals surface area contributed by atoms with E-state index in [0.717, 1.165) is 0 Å². The van der Waals surface area contributed by atoms with Crippen LogP contribution in [0.2, 0.25) is 0 Å². The first-order valence-electron chi connectivity index (χ1n) is 9.79. The Bertz CT molecular complexity index is 1220. The van der Waals surface area contributed by atoms with Crippen LogP contribution in [0.15, 0.2) is 82.8 Å². The summed E-state index contributed by atoms with van der Waals surface area (Å²) in [5.41, 5.74) is 3.97. The number of nitrogens with one attached hydrogen (secondary N) is 2. The van der Waals surface area contributed by atoms with E-state index in [1.54, 1.807) is 37.3 Å². The van der Waals surface area contributed by atoms with Crippen molar-refractivity contribution in [2.75, 3.05) is 11.3 Å². The molecule has 3 N–H and O–H groups in total. The molecular weight excluding hydrogens is 430 g/mol. The van der Waals surface area contributed by atoms with Crippen LogP contribution in [0.4, 0.5) is 5.69 Å². The van der Waals surface area contributed by atoms with Crippen molar-refractivity contribution in [3.8, 4) is 11.5 Å². The molecule has 0 fully saturated rings. The van der Waals surface area contributed by atoms with E-state index in [1.807, 2.05) is 6.92 Å². The first-order valence-corrected chi connectivity index (χ1v) is 11.3. The van der Waals surface area contributed by atoms with E-state index >= 15 is 0 Å². The molecule has 0 aliphatic carbocycles. The second kappa shape index (κ2) is 9.97. The van der Waals surface area contributed by atoms with Gasteiger partial charge in [-0.05, 0) is 74.5 Å². The number of carbonyl (C=O) groups excluding carboxylic acids is 1. The number of anilines is 1. The van der Waals surface area contributed by atoms with Gasteiger partial charge in [0.25, 0.3) is 15.9 Å². The van der Waals surface area contributed by atoms with Gasteiger partial charge >= 0.3 is 0 Å². The normalized spacial score (nSPS) is 11.6. The van der Waals surface area contributed by atoms with Gasteiger partial charge in [0.05, 0.1) is 17.2 Å². The Hall–Kier alpha value is -3.85. The maximum atomic E-state index is 12.6. The average Bonchev–Trinajstić information content (AvgIpc) is 2.78. The highest BCUT2D eigenvalue weighted by molar-refractivity contribution is 7.92. The lowest BCUT2D eigenvalue weighted by molar-refractivity contribution is 0.0955. The fourth-order valence-electron chi connectivity index (χ4n) is 2.82. The van der Waals surface area contributed by atoms with Crippen molar-refractivity contribution in [3.63, 3.8) is 0 Å². The molecule has 0 atom stereocenters. The lowest BCUT2D eigenvalue weighted by atomic mass is 10.1. The smallest absolute Gasteiger partial charge is 0.271 e. The van der Waals surface area contributed by atoms with Crippen LogP contribution >= 0.6 is 0 Å². The van der Waals surface area contributed by atoms with E-state index in [0.29, 0.717) is 34.9 Å². The van der Waals surface area contributed by atoms with Gasteiger partial charge in [0, 0.05) is 16.8 Å². The summed E-state index contributed by atoms with van der Waals surface area (Å²) in [6.45, 7) is 4.00. The molecule has 8 nitrogen and oxygen atoms in total. The second-order valence-corrected chi connectivity index (χ2v) is 8.42. The highest BCUT2D eigenvalue weighted by Gasteiger charge is 2.15. The molecule has 32 heavy (non-hydrogen) atoms. The number of hydrogen-bond acceptors (Lipinski definition) is 6. The zero-order valence-electron chi connectivity index (χ0n) is 17.6. The van der Waals surface area contributed by atoms with Crippen molar-refractivity contribution in [2.24, 2.45) is 5.10 Å². The number of carbonyl (C=O) groups is 1. The third-order valence-electron chi connectivity index (χ3n) is 4.46. The predicted octanol–water partition coefficient (Wildman–Crippen LogP) is 3.75. The number of para-hydroxylation sites is 1. The maximum Gasteiger partial charge on any atom is 0.271 e. The van der Waals surface area contributed by atoms with Crippen LogP contribution in [0.1, 0.15) is 29.8 Å². The van der Waals surface area contributed by atoms with Gasteiger partial charge in [-0.1, -0.05) is 12.1 Å². The molecule has 0 heterocycles. The monoisotopic (exact) mass is 453 g/mol.